The van der Waals surface area contributed by atoms with Crippen molar-refractivity contribution in [1.29, 1.82) is 0 Å². The largest absolute Gasteiger partial charge is 0.497 e. The number of aromatic nitrogens is 4. The van der Waals surface area contributed by atoms with Gasteiger partial charge in [0.15, 0.2) is 5.03 Å². The van der Waals surface area contributed by atoms with Crippen molar-refractivity contribution in [2.45, 2.75) is 43.2 Å². The van der Waals surface area contributed by atoms with Gasteiger partial charge in [-0.25, -0.2) is 14.6 Å². The minimum Gasteiger partial charge on any atom is -0.497 e. The Morgan fingerprint density at radius 2 is 1.76 bits per heavy atom. The van der Waals surface area contributed by atoms with Gasteiger partial charge >= 0.3 is 0 Å². The number of anilines is 1. The summed E-state index contributed by atoms with van der Waals surface area (Å²) in [5.41, 5.74) is 4.48. The summed E-state index contributed by atoms with van der Waals surface area (Å²) in [4.78, 5) is 24.9. The van der Waals surface area contributed by atoms with Crippen LogP contribution in [0.5, 0.6) is 5.75 Å². The lowest BCUT2D eigenvalue weighted by atomic mass is 9.95. The van der Waals surface area contributed by atoms with E-state index in [9.17, 15) is 4.79 Å². The number of rotatable bonds is 9. The number of benzene rings is 2. The maximum Gasteiger partial charge on any atom is 0.277 e. The van der Waals surface area contributed by atoms with E-state index in [2.05, 4.69) is 33.8 Å². The number of hydrogen-bond donors (Lipinski definition) is 0. The van der Waals surface area contributed by atoms with E-state index >= 15 is 0 Å². The fraction of sp³-hybridized carbons (Fsp3) is 0.321. The smallest absolute Gasteiger partial charge is 0.277 e. The summed E-state index contributed by atoms with van der Waals surface area (Å²) in [6.07, 6.45) is 6.86. The summed E-state index contributed by atoms with van der Waals surface area (Å²) in [7, 11) is 3.07. The molecule has 1 aliphatic heterocycles. The van der Waals surface area contributed by atoms with Gasteiger partial charge in [0.1, 0.15) is 17.3 Å². The lowest BCUT2D eigenvalue weighted by Gasteiger charge is -2.28. The van der Waals surface area contributed by atoms with Crippen molar-refractivity contribution >= 4 is 23.6 Å². The van der Waals surface area contributed by atoms with Gasteiger partial charge in [0.25, 0.3) is 5.91 Å². The lowest BCUT2D eigenvalue weighted by molar-refractivity contribution is -0.160. The Morgan fingerprint density at radius 3 is 2.39 bits per heavy atom. The van der Waals surface area contributed by atoms with Crippen molar-refractivity contribution in [3.8, 4) is 11.4 Å². The topological polar surface area (TPSA) is 83.6 Å². The first-order valence-corrected chi connectivity index (χ1v) is 13.3. The normalized spacial score (nSPS) is 16.0. The standard InChI is InChI=1S/C28H29N5O4S/c1-19-29-15-17-31(19)18-28(13-14-28)20-4-6-21(7-5-20)32-16-12-24-25(27(32)34)33(30-26(24)38-37-36-3)22-8-10-23(35-2)11-9-22/h4-11,15,17H,12-14,16,18H2,1-3H3. The van der Waals surface area contributed by atoms with Gasteiger partial charge in [0.05, 0.1) is 31.9 Å². The van der Waals surface area contributed by atoms with Crippen molar-refractivity contribution < 1.29 is 18.8 Å². The second kappa shape index (κ2) is 9.94. The van der Waals surface area contributed by atoms with Crippen LogP contribution in [0.4, 0.5) is 5.69 Å². The summed E-state index contributed by atoms with van der Waals surface area (Å²) in [5, 5.41) is 5.33. The second-order valence-corrected chi connectivity index (χ2v) is 10.4. The lowest BCUT2D eigenvalue weighted by Crippen LogP contribution is -2.38. The SMILES string of the molecule is COOSc1nn(-c2ccc(OC)cc2)c2c1CCN(c1ccc(C3(Cn4ccnc4C)CC3)cc1)C2=O. The zero-order valence-electron chi connectivity index (χ0n) is 21.6. The predicted octanol–water partition coefficient (Wildman–Crippen LogP) is 4.91. The van der Waals surface area contributed by atoms with Gasteiger partial charge in [0.2, 0.25) is 0 Å². The minimum absolute atomic E-state index is 0.0956. The van der Waals surface area contributed by atoms with Gasteiger partial charge in [-0.3, -0.25) is 4.79 Å². The van der Waals surface area contributed by atoms with Crippen LogP contribution in [0.3, 0.4) is 0 Å². The van der Waals surface area contributed by atoms with E-state index in [0.29, 0.717) is 23.7 Å². The molecule has 1 amide bonds. The third-order valence-corrected chi connectivity index (χ3v) is 8.21. The summed E-state index contributed by atoms with van der Waals surface area (Å²) in [5.74, 6) is 1.67. The average Bonchev–Trinajstić information content (AvgIpc) is 3.48. The van der Waals surface area contributed by atoms with Gasteiger partial charge in [-0.1, -0.05) is 12.1 Å². The zero-order chi connectivity index (χ0) is 26.3. The van der Waals surface area contributed by atoms with Crippen LogP contribution in [-0.2, 0) is 27.6 Å². The van der Waals surface area contributed by atoms with Crippen LogP contribution in [0.2, 0.25) is 0 Å². The van der Waals surface area contributed by atoms with Gasteiger partial charge in [0, 0.05) is 42.1 Å². The highest BCUT2D eigenvalue weighted by molar-refractivity contribution is 7.94. The maximum atomic E-state index is 13.9. The molecule has 1 aliphatic carbocycles. The minimum atomic E-state index is -0.0956. The molecule has 1 saturated carbocycles. The van der Waals surface area contributed by atoms with E-state index in [-0.39, 0.29) is 11.3 Å². The number of fused-ring (bicyclic) bond motifs is 1. The highest BCUT2D eigenvalue weighted by atomic mass is 32.2. The Kier molecular flexibility index (Phi) is 6.46. The van der Waals surface area contributed by atoms with E-state index in [0.717, 1.165) is 59.9 Å². The number of carbonyl (C=O) groups is 1. The first-order valence-electron chi connectivity index (χ1n) is 12.6. The number of ether oxygens (including phenoxy) is 1. The Bertz CT molecular complexity index is 1460. The van der Waals surface area contributed by atoms with Gasteiger partial charge in [-0.2, -0.15) is 9.43 Å². The molecule has 4 aromatic rings. The van der Waals surface area contributed by atoms with Gasteiger partial charge in [-0.05, 0) is 68.1 Å². The van der Waals surface area contributed by atoms with E-state index < -0.39 is 0 Å². The Balaban J connectivity index is 1.29. The molecule has 0 N–H and O–H groups in total. The molecule has 196 valence electrons. The number of methoxy groups -OCH3 is 1. The maximum absolute atomic E-state index is 13.9. The average molecular weight is 532 g/mol. The quantitative estimate of drug-likeness (QED) is 0.172. The van der Waals surface area contributed by atoms with Crippen LogP contribution < -0.4 is 9.64 Å². The number of aryl methyl sites for hydroxylation is 1. The summed E-state index contributed by atoms with van der Waals surface area (Å²) in [6.45, 7) is 3.52. The number of hydrogen-bond acceptors (Lipinski definition) is 7. The third-order valence-electron chi connectivity index (χ3n) is 7.52. The van der Waals surface area contributed by atoms with Gasteiger partial charge < -0.3 is 14.2 Å². The Morgan fingerprint density at radius 1 is 1.03 bits per heavy atom. The van der Waals surface area contributed by atoms with E-state index in [4.69, 9.17) is 19.1 Å². The molecule has 6 rings (SSSR count). The van der Waals surface area contributed by atoms with Crippen LogP contribution >= 0.6 is 12.0 Å². The third kappa shape index (κ3) is 4.38. The van der Waals surface area contributed by atoms with Crippen LogP contribution in [-0.4, -0.2) is 46.0 Å². The van der Waals surface area contributed by atoms with E-state index in [1.165, 1.54) is 12.7 Å². The van der Waals surface area contributed by atoms with Crippen molar-refractivity contribution in [1.82, 2.24) is 19.3 Å². The number of imidazole rings is 1. The highest BCUT2D eigenvalue weighted by Gasteiger charge is 2.44. The summed E-state index contributed by atoms with van der Waals surface area (Å²) in [6, 6.07) is 16.0. The molecule has 10 heteroatoms. The van der Waals surface area contributed by atoms with Crippen molar-refractivity contribution in [3.05, 3.63) is 83.6 Å². The van der Waals surface area contributed by atoms with Crippen LogP contribution in [0.15, 0.2) is 66.0 Å². The molecule has 0 atom stereocenters. The molecule has 3 heterocycles. The highest BCUT2D eigenvalue weighted by Crippen LogP contribution is 2.50. The van der Waals surface area contributed by atoms with Crippen LogP contribution in [0.1, 0.15) is 40.3 Å². The Hall–Kier alpha value is -3.60. The number of amides is 1. The molecule has 2 aliphatic rings. The molecule has 0 radical (unpaired) electrons. The fourth-order valence-electron chi connectivity index (χ4n) is 5.20. The second-order valence-electron chi connectivity index (χ2n) is 9.70. The molecule has 38 heavy (non-hydrogen) atoms. The zero-order valence-corrected chi connectivity index (χ0v) is 22.4. The van der Waals surface area contributed by atoms with Crippen molar-refractivity contribution in [2.75, 3.05) is 25.7 Å². The molecule has 1 fully saturated rings. The van der Waals surface area contributed by atoms with E-state index in [1.807, 2.05) is 48.5 Å². The molecule has 0 unspecified atom stereocenters. The molecular formula is C28H29N5O4S. The first kappa shape index (κ1) is 24.7. The predicted molar refractivity (Wildman–Crippen MR) is 144 cm³/mol. The molecule has 0 spiro atoms. The fourth-order valence-corrected chi connectivity index (χ4v) is 5.75. The first-order chi connectivity index (χ1) is 18.5. The van der Waals surface area contributed by atoms with E-state index in [1.54, 1.807) is 11.8 Å². The molecule has 0 bridgehead atoms. The summed E-state index contributed by atoms with van der Waals surface area (Å²) >= 11 is 1.02. The molecule has 0 saturated heterocycles. The molecular weight excluding hydrogens is 502 g/mol. The molecule has 2 aromatic carbocycles. The molecule has 2 aromatic heterocycles. The number of nitrogens with zero attached hydrogens (tertiary/aromatic N) is 5. The number of carbonyl (C=O) groups excluding carboxylic acids is 1. The molecule has 9 nitrogen and oxygen atoms in total. The van der Waals surface area contributed by atoms with Crippen LogP contribution in [0, 0.1) is 6.92 Å². The van der Waals surface area contributed by atoms with Crippen molar-refractivity contribution in [2.24, 2.45) is 0 Å². The van der Waals surface area contributed by atoms with Gasteiger partial charge in [-0.15, -0.1) is 0 Å². The monoisotopic (exact) mass is 531 g/mol. The van der Waals surface area contributed by atoms with Crippen LogP contribution in [0.25, 0.3) is 5.69 Å². The van der Waals surface area contributed by atoms with Crippen molar-refractivity contribution in [3.63, 3.8) is 0 Å². The summed E-state index contributed by atoms with van der Waals surface area (Å²) < 4.78 is 14.3. The Labute approximate surface area is 225 Å².